The van der Waals surface area contributed by atoms with Crippen molar-refractivity contribution >= 4 is 22.8 Å². The highest BCUT2D eigenvalue weighted by Crippen LogP contribution is 2.38. The van der Waals surface area contributed by atoms with Crippen molar-refractivity contribution in [1.29, 1.82) is 0 Å². The van der Waals surface area contributed by atoms with Crippen LogP contribution in [0.25, 0.3) is 16.7 Å². The molecule has 0 bridgehead atoms. The summed E-state index contributed by atoms with van der Waals surface area (Å²) in [6.07, 6.45) is -5.33. The van der Waals surface area contributed by atoms with Gasteiger partial charge in [-0.3, -0.25) is 14.2 Å². The fraction of sp³-hybridized carbons (Fsp3) is 0.423. The normalized spacial score (nSPS) is 16.4. The fourth-order valence-corrected chi connectivity index (χ4v) is 4.70. The third kappa shape index (κ3) is 5.74. The molecule has 0 radical (unpaired) electrons. The summed E-state index contributed by atoms with van der Waals surface area (Å²) in [7, 11) is 0. The summed E-state index contributed by atoms with van der Waals surface area (Å²) in [5, 5.41) is 19.8. The Morgan fingerprint density at radius 2 is 1.56 bits per heavy atom. The first kappa shape index (κ1) is 32.1. The summed E-state index contributed by atoms with van der Waals surface area (Å²) < 4.78 is 125. The summed E-state index contributed by atoms with van der Waals surface area (Å²) in [6.45, 7) is -0.367. The zero-order valence-electron chi connectivity index (χ0n) is 22.1. The Morgan fingerprint density at radius 3 is 2.07 bits per heavy atom. The van der Waals surface area contributed by atoms with Crippen LogP contribution in [0.2, 0.25) is 0 Å². The van der Waals surface area contributed by atoms with Crippen molar-refractivity contribution in [1.82, 2.24) is 14.9 Å². The highest BCUT2D eigenvalue weighted by molar-refractivity contribution is 5.97. The van der Waals surface area contributed by atoms with Crippen LogP contribution in [0.3, 0.4) is 0 Å². The molecule has 0 saturated carbocycles. The first-order valence-corrected chi connectivity index (χ1v) is 12.6. The van der Waals surface area contributed by atoms with E-state index < -0.39 is 86.3 Å². The molecule has 17 heteroatoms. The van der Waals surface area contributed by atoms with Crippen molar-refractivity contribution in [3.8, 4) is 5.69 Å². The number of halogens is 9. The number of fused-ring (bicyclic) bond motifs is 1. The maximum Gasteiger partial charge on any atom is 0.455 e. The molecule has 1 atom stereocenters. The van der Waals surface area contributed by atoms with E-state index in [9.17, 15) is 54.9 Å². The lowest BCUT2D eigenvalue weighted by molar-refractivity contribution is -0.290. The molecule has 0 spiro atoms. The molecule has 3 aromatic rings. The number of carbonyl (C=O) groups is 1. The Morgan fingerprint density at radius 1 is 1.00 bits per heavy atom. The van der Waals surface area contributed by atoms with Crippen LogP contribution in [-0.4, -0.2) is 70.1 Å². The zero-order valence-corrected chi connectivity index (χ0v) is 22.1. The molecule has 1 fully saturated rings. The number of rotatable bonds is 7. The van der Waals surface area contributed by atoms with E-state index in [0.717, 1.165) is 0 Å². The van der Waals surface area contributed by atoms with Gasteiger partial charge in [-0.15, -0.1) is 0 Å². The second-order valence-electron chi connectivity index (χ2n) is 10.2. The number of aliphatic hydroxyl groups is 2. The molecular weight excluding hydrogens is 603 g/mol. The first-order chi connectivity index (χ1) is 20.0. The average molecular weight is 626 g/mol. The van der Waals surface area contributed by atoms with Crippen LogP contribution in [0.5, 0.6) is 0 Å². The number of nitrogens with one attached hydrogen (secondary N) is 1. The third-order valence-corrected chi connectivity index (χ3v) is 7.44. The second kappa shape index (κ2) is 11.3. The number of alkyl halides is 5. The molecule has 1 aliphatic rings. The monoisotopic (exact) mass is 626 g/mol. The Labute approximate surface area is 236 Å². The molecule has 1 aromatic carbocycles. The van der Waals surface area contributed by atoms with Crippen LogP contribution in [-0.2, 0) is 0 Å². The van der Waals surface area contributed by atoms with Gasteiger partial charge in [-0.25, -0.2) is 22.5 Å². The standard InChI is InChI=1S/C26H23F9N4O4/c1-12(25(31,32)26(33,34)35)36-23(43)15-9-39(19-16(28)6-13(27)7-17(19)29)21-14(20(15)42)8-18(30)22(37-21)38-4-2-24(10-40,11-41)3-5-38/h6-9,12,40-41H,2-5,10-11H2,1H3,(H,36,43). The van der Waals surface area contributed by atoms with Crippen LogP contribution in [0, 0.1) is 28.7 Å². The predicted molar refractivity (Wildman–Crippen MR) is 133 cm³/mol. The minimum absolute atomic E-state index is 0.0336. The lowest BCUT2D eigenvalue weighted by Gasteiger charge is -2.40. The minimum Gasteiger partial charge on any atom is -0.396 e. The highest BCUT2D eigenvalue weighted by atomic mass is 19.4. The van der Waals surface area contributed by atoms with E-state index in [2.05, 4.69) is 4.98 Å². The maximum absolute atomic E-state index is 15.3. The number of nitrogens with zero attached hydrogens (tertiary/aromatic N) is 3. The number of pyridine rings is 2. The van der Waals surface area contributed by atoms with Crippen LogP contribution in [0.4, 0.5) is 45.3 Å². The van der Waals surface area contributed by atoms with Gasteiger partial charge >= 0.3 is 12.1 Å². The van der Waals surface area contributed by atoms with E-state index in [1.807, 2.05) is 0 Å². The number of aliphatic hydroxyl groups excluding tert-OH is 2. The topological polar surface area (TPSA) is 108 Å². The van der Waals surface area contributed by atoms with Crippen molar-refractivity contribution in [2.45, 2.75) is 37.9 Å². The average Bonchev–Trinajstić information content (AvgIpc) is 2.93. The Bertz CT molecular complexity index is 1590. The molecule has 1 aliphatic heterocycles. The van der Waals surface area contributed by atoms with Crippen molar-refractivity contribution in [2.75, 3.05) is 31.2 Å². The molecule has 234 valence electrons. The van der Waals surface area contributed by atoms with Crippen molar-refractivity contribution in [3.63, 3.8) is 0 Å². The van der Waals surface area contributed by atoms with Gasteiger partial charge in [0.05, 0.1) is 24.6 Å². The van der Waals surface area contributed by atoms with Gasteiger partial charge in [-0.2, -0.15) is 22.0 Å². The summed E-state index contributed by atoms with van der Waals surface area (Å²) in [5.74, 6) is -13.4. The number of hydrogen-bond acceptors (Lipinski definition) is 6. The van der Waals surface area contributed by atoms with Crippen molar-refractivity contribution < 1.29 is 54.5 Å². The van der Waals surface area contributed by atoms with Gasteiger partial charge in [-0.1, -0.05) is 0 Å². The molecule has 2 aromatic heterocycles. The molecular formula is C26H23F9N4O4. The number of carbonyl (C=O) groups excluding carboxylic acids is 1. The zero-order chi connectivity index (χ0) is 32.1. The van der Waals surface area contributed by atoms with Crippen molar-refractivity contribution in [3.05, 3.63) is 63.5 Å². The van der Waals surface area contributed by atoms with E-state index in [1.54, 1.807) is 0 Å². The van der Waals surface area contributed by atoms with Crippen LogP contribution < -0.4 is 15.6 Å². The number of aromatic nitrogens is 2. The predicted octanol–water partition coefficient (Wildman–Crippen LogP) is 3.83. The molecule has 3 N–H and O–H groups in total. The minimum atomic E-state index is -6.09. The summed E-state index contributed by atoms with van der Waals surface area (Å²) in [4.78, 5) is 31.4. The smallest absolute Gasteiger partial charge is 0.396 e. The van der Waals surface area contributed by atoms with Crippen LogP contribution in [0.15, 0.2) is 29.2 Å². The number of hydrogen-bond donors (Lipinski definition) is 3. The number of amides is 1. The summed E-state index contributed by atoms with van der Waals surface area (Å²) in [6, 6.07) is -1.91. The van der Waals surface area contributed by atoms with E-state index in [4.69, 9.17) is 0 Å². The first-order valence-electron chi connectivity index (χ1n) is 12.6. The number of anilines is 1. The van der Waals surface area contributed by atoms with Gasteiger partial charge in [0.2, 0.25) is 5.43 Å². The van der Waals surface area contributed by atoms with Gasteiger partial charge < -0.3 is 20.4 Å². The molecule has 8 nitrogen and oxygen atoms in total. The van der Waals surface area contributed by atoms with Crippen molar-refractivity contribution in [2.24, 2.45) is 5.41 Å². The molecule has 3 heterocycles. The third-order valence-electron chi connectivity index (χ3n) is 7.44. The lowest BCUT2D eigenvalue weighted by Crippen LogP contribution is -2.54. The SMILES string of the molecule is CC(NC(=O)c1cn(-c2c(F)cc(F)cc2F)c2nc(N3CCC(CO)(CO)CC3)c(F)cc2c1=O)C(F)(F)C(F)(F)F. The largest absolute Gasteiger partial charge is 0.455 e. The van der Waals surface area contributed by atoms with Crippen LogP contribution in [0.1, 0.15) is 30.1 Å². The van der Waals surface area contributed by atoms with E-state index in [-0.39, 0.29) is 51.3 Å². The van der Waals surface area contributed by atoms with E-state index >= 15 is 4.39 Å². The quantitative estimate of drug-likeness (QED) is 0.345. The van der Waals surface area contributed by atoms with E-state index in [1.165, 1.54) is 10.2 Å². The van der Waals surface area contributed by atoms with Crippen LogP contribution >= 0.6 is 0 Å². The van der Waals surface area contributed by atoms with Gasteiger partial charge in [0, 0.05) is 36.8 Å². The van der Waals surface area contributed by atoms with Gasteiger partial charge in [0.25, 0.3) is 5.91 Å². The maximum atomic E-state index is 15.3. The molecule has 43 heavy (non-hydrogen) atoms. The Kier molecular flexibility index (Phi) is 8.45. The molecule has 4 rings (SSSR count). The number of piperidine rings is 1. The lowest BCUT2D eigenvalue weighted by atomic mass is 9.80. The molecule has 1 amide bonds. The summed E-state index contributed by atoms with van der Waals surface area (Å²) in [5.41, 5.74) is -5.29. The summed E-state index contributed by atoms with van der Waals surface area (Å²) >= 11 is 0. The highest BCUT2D eigenvalue weighted by Gasteiger charge is 2.61. The number of benzene rings is 1. The Hall–Kier alpha value is -3.86. The van der Waals surface area contributed by atoms with Gasteiger partial charge in [0.1, 0.15) is 17.1 Å². The van der Waals surface area contributed by atoms with Gasteiger partial charge in [0.15, 0.2) is 28.9 Å². The van der Waals surface area contributed by atoms with E-state index in [0.29, 0.717) is 23.8 Å². The molecule has 1 saturated heterocycles. The fourth-order valence-electron chi connectivity index (χ4n) is 4.70. The second-order valence-corrected chi connectivity index (χ2v) is 10.2. The molecule has 1 unspecified atom stereocenters. The molecule has 0 aliphatic carbocycles. The van der Waals surface area contributed by atoms with Gasteiger partial charge in [-0.05, 0) is 25.8 Å². The Balaban J connectivity index is 1.90.